The summed E-state index contributed by atoms with van der Waals surface area (Å²) in [5.74, 6) is 0.934. The van der Waals surface area contributed by atoms with Crippen LogP contribution >= 0.6 is 23.5 Å². The topological polar surface area (TPSA) is 28.9 Å². The van der Waals surface area contributed by atoms with Crippen molar-refractivity contribution < 1.29 is 9.15 Å². The fourth-order valence-electron chi connectivity index (χ4n) is 7.62. The molecular formula is C42H26N2O2S2. The Bertz CT molecular complexity index is 2460. The maximum atomic E-state index is 6.71. The smallest absolute Gasteiger partial charge is 0.177 e. The molecule has 2 atom stereocenters. The average Bonchev–Trinajstić information content (AvgIpc) is 3.70. The highest BCUT2D eigenvalue weighted by Crippen LogP contribution is 2.54. The van der Waals surface area contributed by atoms with Crippen LogP contribution in [0.4, 0.5) is 28.4 Å². The van der Waals surface area contributed by atoms with Gasteiger partial charge in [0.05, 0.1) is 22.7 Å². The largest absolute Gasteiger partial charge is 0.481 e. The Labute approximate surface area is 285 Å². The van der Waals surface area contributed by atoms with Crippen molar-refractivity contribution in [3.8, 4) is 5.75 Å². The van der Waals surface area contributed by atoms with Crippen molar-refractivity contribution in [2.75, 3.05) is 9.80 Å². The fourth-order valence-corrected chi connectivity index (χ4v) is 9.74. The maximum absolute atomic E-state index is 6.71. The minimum atomic E-state index is -0.0818. The first kappa shape index (κ1) is 26.7. The molecule has 0 amide bonds. The molecule has 0 fully saturated rings. The highest BCUT2D eigenvalue weighted by Gasteiger charge is 2.38. The number of nitrogens with zero attached hydrogens (tertiary/aromatic N) is 2. The van der Waals surface area contributed by atoms with E-state index < -0.39 is 0 Å². The molecule has 0 spiro atoms. The number of anilines is 5. The van der Waals surface area contributed by atoms with Crippen LogP contribution in [0.3, 0.4) is 0 Å². The third-order valence-electron chi connectivity index (χ3n) is 9.76. The Kier molecular flexibility index (Phi) is 5.63. The summed E-state index contributed by atoms with van der Waals surface area (Å²) in [6.45, 7) is 0. The molecule has 0 saturated carbocycles. The highest BCUT2D eigenvalue weighted by atomic mass is 32.2. The van der Waals surface area contributed by atoms with Gasteiger partial charge in [-0.3, -0.25) is 0 Å². The highest BCUT2D eigenvalue weighted by molar-refractivity contribution is 8.00. The number of ether oxygens (including phenoxy) is 1. The van der Waals surface area contributed by atoms with Crippen LogP contribution in [0.1, 0.15) is 11.5 Å². The van der Waals surface area contributed by atoms with E-state index in [0.29, 0.717) is 0 Å². The summed E-state index contributed by atoms with van der Waals surface area (Å²) in [7, 11) is 0. The molecule has 0 saturated heterocycles. The van der Waals surface area contributed by atoms with Crippen LogP contribution < -0.4 is 14.5 Å². The van der Waals surface area contributed by atoms with Gasteiger partial charge in [-0.15, -0.1) is 0 Å². The summed E-state index contributed by atoms with van der Waals surface area (Å²) in [5.41, 5.74) is 9.89. The first-order chi connectivity index (χ1) is 23.8. The summed E-state index contributed by atoms with van der Waals surface area (Å²) in [5, 5.41) is 2.16. The molecule has 4 heterocycles. The summed E-state index contributed by atoms with van der Waals surface area (Å²) in [6, 6.07) is 45.6. The molecule has 6 aromatic carbocycles. The zero-order valence-corrected chi connectivity index (χ0v) is 27.2. The van der Waals surface area contributed by atoms with Crippen molar-refractivity contribution in [2.45, 2.75) is 31.6 Å². The van der Waals surface area contributed by atoms with Gasteiger partial charge in [-0.2, -0.15) is 0 Å². The number of fused-ring (bicyclic) bond motifs is 11. The summed E-state index contributed by atoms with van der Waals surface area (Å²) in [4.78, 5) is 9.77. The molecule has 7 aromatic rings. The van der Waals surface area contributed by atoms with Gasteiger partial charge in [0.25, 0.3) is 0 Å². The van der Waals surface area contributed by atoms with Gasteiger partial charge in [-0.1, -0.05) is 78.1 Å². The molecule has 4 aliphatic rings. The molecule has 1 aliphatic carbocycles. The summed E-state index contributed by atoms with van der Waals surface area (Å²) >= 11 is 3.65. The van der Waals surface area contributed by atoms with Crippen LogP contribution in [-0.4, -0.2) is 6.10 Å². The quantitative estimate of drug-likeness (QED) is 0.184. The fraction of sp³-hybridized carbons (Fsp3) is 0.0476. The van der Waals surface area contributed by atoms with Gasteiger partial charge in [0.2, 0.25) is 0 Å². The lowest BCUT2D eigenvalue weighted by Crippen LogP contribution is -2.24. The molecule has 48 heavy (non-hydrogen) atoms. The monoisotopic (exact) mass is 654 g/mol. The summed E-state index contributed by atoms with van der Waals surface area (Å²) < 4.78 is 13.3. The third-order valence-corrected chi connectivity index (χ3v) is 12.0. The van der Waals surface area contributed by atoms with Crippen molar-refractivity contribution >= 4 is 73.9 Å². The second kappa shape index (κ2) is 10.1. The van der Waals surface area contributed by atoms with Crippen LogP contribution in [0.15, 0.2) is 175 Å². The van der Waals surface area contributed by atoms with E-state index in [0.717, 1.165) is 44.6 Å². The summed E-state index contributed by atoms with van der Waals surface area (Å²) in [6.07, 6.45) is 6.71. The Hall–Kier alpha value is -5.30. The van der Waals surface area contributed by atoms with Gasteiger partial charge in [-0.25, -0.2) is 0 Å². The van der Waals surface area contributed by atoms with Crippen molar-refractivity contribution in [3.05, 3.63) is 157 Å². The number of furan rings is 1. The van der Waals surface area contributed by atoms with E-state index in [9.17, 15) is 0 Å². The number of hydrogen-bond acceptors (Lipinski definition) is 6. The van der Waals surface area contributed by atoms with Crippen molar-refractivity contribution in [1.29, 1.82) is 0 Å². The lowest BCUT2D eigenvalue weighted by molar-refractivity contribution is 0.268. The predicted molar refractivity (Wildman–Crippen MR) is 196 cm³/mol. The molecule has 6 heteroatoms. The molecule has 2 unspecified atom stereocenters. The van der Waals surface area contributed by atoms with E-state index in [1.807, 2.05) is 23.5 Å². The van der Waals surface area contributed by atoms with E-state index in [2.05, 4.69) is 155 Å². The SMILES string of the molecule is C1=CC2Oc3c(ccc4c3oc3ccc(N5c6ccccc6Sc6ccccc65)cc34)C2C=C1N1c2ccccc2Sc2ccccc21. The zero-order valence-electron chi connectivity index (χ0n) is 25.5. The van der Waals surface area contributed by atoms with Crippen LogP contribution in [0.5, 0.6) is 5.75 Å². The molecule has 4 nitrogen and oxygen atoms in total. The minimum Gasteiger partial charge on any atom is -0.481 e. The van der Waals surface area contributed by atoms with Gasteiger partial charge in [-0.05, 0) is 91.0 Å². The molecule has 0 bridgehead atoms. The van der Waals surface area contributed by atoms with Crippen molar-refractivity contribution in [1.82, 2.24) is 0 Å². The molecule has 11 rings (SSSR count). The number of para-hydroxylation sites is 4. The molecule has 3 aliphatic heterocycles. The lowest BCUT2D eigenvalue weighted by atomic mass is 9.90. The molecule has 1 aromatic heterocycles. The van der Waals surface area contributed by atoms with E-state index in [-0.39, 0.29) is 12.0 Å². The Morgan fingerprint density at radius 3 is 1.77 bits per heavy atom. The molecule has 0 radical (unpaired) electrons. The van der Waals surface area contributed by atoms with Gasteiger partial charge in [0.1, 0.15) is 11.7 Å². The zero-order chi connectivity index (χ0) is 31.3. The Morgan fingerprint density at radius 1 is 0.562 bits per heavy atom. The maximum Gasteiger partial charge on any atom is 0.177 e. The van der Waals surface area contributed by atoms with Crippen molar-refractivity contribution in [3.63, 3.8) is 0 Å². The molecule has 0 N–H and O–H groups in total. The number of rotatable bonds is 2. The van der Waals surface area contributed by atoms with Crippen LogP contribution in [0.2, 0.25) is 0 Å². The average molecular weight is 655 g/mol. The number of benzene rings is 6. The van der Waals surface area contributed by atoms with Gasteiger partial charge in [0, 0.05) is 53.2 Å². The molecule has 228 valence electrons. The molecular weight excluding hydrogens is 629 g/mol. The first-order valence-corrected chi connectivity index (χ1v) is 17.8. The van der Waals surface area contributed by atoms with Gasteiger partial charge >= 0.3 is 0 Å². The third kappa shape index (κ3) is 3.81. The van der Waals surface area contributed by atoms with Crippen LogP contribution in [-0.2, 0) is 0 Å². The van der Waals surface area contributed by atoms with Crippen LogP contribution in [0, 0.1) is 0 Å². The first-order valence-electron chi connectivity index (χ1n) is 16.2. The lowest BCUT2D eigenvalue weighted by Gasteiger charge is -2.35. The van der Waals surface area contributed by atoms with Crippen molar-refractivity contribution in [2.24, 2.45) is 0 Å². The van der Waals surface area contributed by atoms with E-state index in [1.165, 1.54) is 42.3 Å². The Morgan fingerprint density at radius 2 is 1.15 bits per heavy atom. The second-order valence-corrected chi connectivity index (χ2v) is 14.6. The normalized spacial score (nSPS) is 18.4. The van der Waals surface area contributed by atoms with E-state index in [1.54, 1.807) is 0 Å². The van der Waals surface area contributed by atoms with E-state index in [4.69, 9.17) is 9.15 Å². The Balaban J connectivity index is 1.02. The number of allylic oxidation sites excluding steroid dienone is 1. The van der Waals surface area contributed by atoms with E-state index >= 15 is 0 Å². The number of hydrogen-bond donors (Lipinski definition) is 0. The van der Waals surface area contributed by atoms with Gasteiger partial charge < -0.3 is 19.0 Å². The minimum absolute atomic E-state index is 0.0818. The van der Waals surface area contributed by atoms with Crippen LogP contribution in [0.25, 0.3) is 21.9 Å². The standard InChI is InChI=1S/C42H26N2O2S2/c1-5-13-37-31(9-1)43(32-10-2-6-14-38(32)47-37)25-17-21-35-29(23-25)27-19-20-28-30-24-26(18-22-36(30)46-42(28)41(27)45-35)44-33-11-3-7-15-39(33)48-40-16-8-4-12-34(40)44/h1-24,29,35H. The second-order valence-electron chi connectivity index (χ2n) is 12.4. The predicted octanol–water partition coefficient (Wildman–Crippen LogP) is 12.1. The van der Waals surface area contributed by atoms with Gasteiger partial charge in [0.15, 0.2) is 11.3 Å².